The molecule has 2 N–H and O–H groups in total. The fourth-order valence-corrected chi connectivity index (χ4v) is 4.57. The van der Waals surface area contributed by atoms with Crippen molar-refractivity contribution in [3.63, 3.8) is 0 Å². The summed E-state index contributed by atoms with van der Waals surface area (Å²) >= 11 is 0. The third kappa shape index (κ3) is 4.86. The molecule has 0 spiro atoms. The van der Waals surface area contributed by atoms with Crippen molar-refractivity contribution in [1.82, 2.24) is 4.72 Å². The number of anilines is 1. The maximum atomic E-state index is 12.5. The van der Waals surface area contributed by atoms with Gasteiger partial charge in [0.2, 0.25) is 15.9 Å². The van der Waals surface area contributed by atoms with E-state index in [1.807, 2.05) is 26.0 Å². The molecule has 1 heterocycles. The minimum Gasteiger partial charge on any atom is -0.464 e. The molecule has 3 rings (SSSR count). The molecule has 0 bridgehead atoms. The van der Waals surface area contributed by atoms with Gasteiger partial charge < -0.3 is 9.73 Å². The Morgan fingerprint density at radius 3 is 2.52 bits per heavy atom. The van der Waals surface area contributed by atoms with Crippen LogP contribution in [-0.4, -0.2) is 19.9 Å². The Morgan fingerprint density at radius 1 is 1.10 bits per heavy atom. The molecule has 1 amide bonds. The number of hydrogen-bond donors (Lipinski definition) is 2. The molecule has 0 radical (unpaired) electrons. The fraction of sp³-hybridized carbons (Fsp3) is 0.318. The summed E-state index contributed by atoms with van der Waals surface area (Å²) < 4.78 is 33.3. The second kappa shape index (κ2) is 7.65. The summed E-state index contributed by atoms with van der Waals surface area (Å²) in [4.78, 5) is 12.6. The second-order valence-corrected chi connectivity index (χ2v) is 9.94. The molecular formula is C22H26N2O4S. The predicted octanol–water partition coefficient (Wildman–Crippen LogP) is 4.31. The van der Waals surface area contributed by atoms with Crippen LogP contribution in [0.2, 0.25) is 0 Å². The molecule has 29 heavy (non-hydrogen) atoms. The minimum absolute atomic E-state index is 0.102. The molecule has 0 aliphatic heterocycles. The van der Waals surface area contributed by atoms with Gasteiger partial charge in [-0.2, -0.15) is 0 Å². The van der Waals surface area contributed by atoms with Crippen molar-refractivity contribution in [3.05, 3.63) is 59.4 Å². The van der Waals surface area contributed by atoms with Crippen LogP contribution >= 0.6 is 0 Å². The van der Waals surface area contributed by atoms with Gasteiger partial charge in [0.1, 0.15) is 5.58 Å². The summed E-state index contributed by atoms with van der Waals surface area (Å²) in [5, 5.41) is 3.68. The number of hydrogen-bond acceptors (Lipinski definition) is 4. The van der Waals surface area contributed by atoms with Crippen LogP contribution in [0.1, 0.15) is 37.5 Å². The second-order valence-electron chi connectivity index (χ2n) is 8.25. The number of amides is 1. The summed E-state index contributed by atoms with van der Waals surface area (Å²) in [6.07, 6.45) is 1.73. The van der Waals surface area contributed by atoms with Crippen molar-refractivity contribution in [3.8, 4) is 0 Å². The quantitative estimate of drug-likeness (QED) is 0.651. The van der Waals surface area contributed by atoms with Crippen molar-refractivity contribution in [2.24, 2.45) is 0 Å². The molecule has 0 fully saturated rings. The highest BCUT2D eigenvalue weighted by Gasteiger charge is 2.22. The summed E-state index contributed by atoms with van der Waals surface area (Å²) in [5.74, 6) is -0.246. The number of carbonyl (C=O) groups is 1. The predicted molar refractivity (Wildman–Crippen MR) is 115 cm³/mol. The highest BCUT2D eigenvalue weighted by atomic mass is 32.2. The zero-order chi connectivity index (χ0) is 21.4. The standard InChI is InChI=1S/C22H26N2O4S/c1-14-9-10-19-16(13-28-21(19)15(14)2)11-20(25)23-17-7-6-8-18(12-17)29(26,27)24-22(3,4)5/h6-10,12-13,24H,11H2,1-5H3,(H,23,25). The monoisotopic (exact) mass is 414 g/mol. The van der Waals surface area contributed by atoms with E-state index in [1.165, 1.54) is 12.1 Å². The zero-order valence-electron chi connectivity index (χ0n) is 17.3. The van der Waals surface area contributed by atoms with E-state index >= 15 is 0 Å². The highest BCUT2D eigenvalue weighted by molar-refractivity contribution is 7.89. The van der Waals surface area contributed by atoms with Crippen LogP contribution in [0.15, 0.2) is 52.0 Å². The summed E-state index contributed by atoms with van der Waals surface area (Å²) in [5.41, 5.74) is 3.58. The van der Waals surface area contributed by atoms with Gasteiger partial charge in [-0.1, -0.05) is 18.2 Å². The third-order valence-corrected chi connectivity index (χ3v) is 6.32. The van der Waals surface area contributed by atoms with Gasteiger partial charge >= 0.3 is 0 Å². The van der Waals surface area contributed by atoms with Gasteiger partial charge in [0.05, 0.1) is 17.6 Å². The molecule has 2 aromatic carbocycles. The van der Waals surface area contributed by atoms with Gasteiger partial charge in [-0.3, -0.25) is 4.79 Å². The van der Waals surface area contributed by atoms with E-state index in [0.29, 0.717) is 5.69 Å². The first-order valence-corrected chi connectivity index (χ1v) is 10.8. The molecule has 0 saturated carbocycles. The SMILES string of the molecule is Cc1ccc2c(CC(=O)Nc3cccc(S(=O)(=O)NC(C)(C)C)c3)coc2c1C. The van der Waals surface area contributed by atoms with Crippen LogP contribution in [0, 0.1) is 13.8 Å². The molecule has 3 aromatic rings. The number of carbonyl (C=O) groups excluding carboxylic acids is 1. The van der Waals surface area contributed by atoms with E-state index in [2.05, 4.69) is 10.0 Å². The van der Waals surface area contributed by atoms with Gasteiger partial charge in [0, 0.05) is 22.2 Å². The number of furan rings is 1. The molecule has 7 heteroatoms. The Morgan fingerprint density at radius 2 is 1.83 bits per heavy atom. The normalized spacial score (nSPS) is 12.3. The lowest BCUT2D eigenvalue weighted by atomic mass is 10.0. The van der Waals surface area contributed by atoms with Crippen molar-refractivity contribution in [2.75, 3.05) is 5.32 Å². The molecule has 0 aliphatic carbocycles. The number of fused-ring (bicyclic) bond motifs is 1. The molecule has 1 aromatic heterocycles. The largest absolute Gasteiger partial charge is 0.464 e. The van der Waals surface area contributed by atoms with Gasteiger partial charge in [-0.15, -0.1) is 0 Å². The Kier molecular flexibility index (Phi) is 5.56. The van der Waals surface area contributed by atoms with E-state index in [-0.39, 0.29) is 17.2 Å². The molecule has 0 saturated heterocycles. The summed E-state index contributed by atoms with van der Waals surface area (Å²) in [6, 6.07) is 10.2. The molecule has 0 atom stereocenters. The number of benzene rings is 2. The molecule has 6 nitrogen and oxygen atoms in total. The fourth-order valence-electron chi connectivity index (χ4n) is 3.11. The number of nitrogens with one attached hydrogen (secondary N) is 2. The van der Waals surface area contributed by atoms with Gasteiger partial charge in [0.15, 0.2) is 0 Å². The van der Waals surface area contributed by atoms with E-state index in [9.17, 15) is 13.2 Å². The first-order valence-electron chi connectivity index (χ1n) is 9.36. The average molecular weight is 415 g/mol. The maximum absolute atomic E-state index is 12.5. The maximum Gasteiger partial charge on any atom is 0.241 e. The summed E-state index contributed by atoms with van der Waals surface area (Å²) in [6.45, 7) is 9.32. The van der Waals surface area contributed by atoms with Crippen LogP contribution in [0.5, 0.6) is 0 Å². The van der Waals surface area contributed by atoms with Crippen molar-refractivity contribution in [2.45, 2.75) is 51.5 Å². The zero-order valence-corrected chi connectivity index (χ0v) is 18.1. The van der Waals surface area contributed by atoms with Gasteiger partial charge in [0.25, 0.3) is 0 Å². The topological polar surface area (TPSA) is 88.4 Å². The van der Waals surface area contributed by atoms with Crippen molar-refractivity contribution in [1.29, 1.82) is 0 Å². The van der Waals surface area contributed by atoms with Crippen molar-refractivity contribution >= 4 is 32.6 Å². The minimum atomic E-state index is -3.68. The van der Waals surface area contributed by atoms with Crippen LogP contribution in [0.25, 0.3) is 11.0 Å². The lowest BCUT2D eigenvalue weighted by Gasteiger charge is -2.20. The van der Waals surface area contributed by atoms with E-state index in [4.69, 9.17) is 4.42 Å². The third-order valence-electron chi connectivity index (χ3n) is 4.56. The molecule has 154 valence electrons. The van der Waals surface area contributed by atoms with Crippen LogP contribution in [-0.2, 0) is 21.2 Å². The van der Waals surface area contributed by atoms with Crippen molar-refractivity contribution < 1.29 is 17.6 Å². The molecular weight excluding hydrogens is 388 g/mol. The lowest BCUT2D eigenvalue weighted by Crippen LogP contribution is -2.40. The van der Waals surface area contributed by atoms with Gasteiger partial charge in [-0.25, -0.2) is 13.1 Å². The first-order chi connectivity index (χ1) is 13.5. The van der Waals surface area contributed by atoms with Crippen LogP contribution in [0.4, 0.5) is 5.69 Å². The summed E-state index contributed by atoms with van der Waals surface area (Å²) in [7, 11) is -3.68. The molecule has 0 unspecified atom stereocenters. The first kappa shape index (κ1) is 21.1. The average Bonchev–Trinajstić information content (AvgIpc) is 2.99. The highest BCUT2D eigenvalue weighted by Crippen LogP contribution is 2.27. The smallest absolute Gasteiger partial charge is 0.241 e. The van der Waals surface area contributed by atoms with Crippen LogP contribution in [0.3, 0.4) is 0 Å². The Bertz CT molecular complexity index is 1170. The van der Waals surface area contributed by atoms with E-state index < -0.39 is 15.6 Å². The number of sulfonamides is 1. The Hall–Kier alpha value is -2.64. The van der Waals surface area contributed by atoms with Crippen LogP contribution < -0.4 is 10.0 Å². The van der Waals surface area contributed by atoms with E-state index in [0.717, 1.165) is 27.7 Å². The van der Waals surface area contributed by atoms with E-state index in [1.54, 1.807) is 39.2 Å². The Balaban J connectivity index is 1.78. The lowest BCUT2D eigenvalue weighted by molar-refractivity contribution is -0.115. The Labute approximate surface area is 171 Å². The number of aryl methyl sites for hydroxylation is 2. The number of rotatable bonds is 5. The van der Waals surface area contributed by atoms with Gasteiger partial charge in [-0.05, 0) is 63.9 Å². The molecule has 0 aliphatic rings.